The molecule has 0 spiro atoms. The Balaban J connectivity index is 2.61. The van der Waals surface area contributed by atoms with Crippen molar-refractivity contribution in [3.63, 3.8) is 0 Å². The fourth-order valence-electron chi connectivity index (χ4n) is 1.30. The Morgan fingerprint density at radius 1 is 1.17 bits per heavy atom. The van der Waals surface area contributed by atoms with E-state index in [1.165, 1.54) is 4.90 Å². The van der Waals surface area contributed by atoms with Crippen molar-refractivity contribution in [2.75, 3.05) is 12.4 Å². The Labute approximate surface area is 76.7 Å². The van der Waals surface area contributed by atoms with Crippen LogP contribution < -0.4 is 0 Å². The number of halogens is 1. The van der Waals surface area contributed by atoms with Crippen LogP contribution in [-0.4, -0.2) is 29.1 Å². The van der Waals surface area contributed by atoms with Gasteiger partial charge in [-0.25, -0.2) is 0 Å². The molecule has 0 aromatic rings. The molecule has 1 aliphatic heterocycles. The standard InChI is InChI=1S/C8H12ClNO2/c9-5-6-10-7(11)3-1-2-4-8(10)12/h1-6H2. The summed E-state index contributed by atoms with van der Waals surface area (Å²) in [6.45, 7) is 0.360. The van der Waals surface area contributed by atoms with Crippen molar-refractivity contribution in [1.29, 1.82) is 0 Å². The van der Waals surface area contributed by atoms with Crippen LogP contribution in [0.4, 0.5) is 0 Å². The van der Waals surface area contributed by atoms with E-state index in [9.17, 15) is 9.59 Å². The largest absolute Gasteiger partial charge is 0.281 e. The van der Waals surface area contributed by atoms with Gasteiger partial charge in [0.15, 0.2) is 0 Å². The Morgan fingerprint density at radius 2 is 1.67 bits per heavy atom. The van der Waals surface area contributed by atoms with Crippen LogP contribution in [0, 0.1) is 0 Å². The second-order valence-electron chi connectivity index (χ2n) is 2.84. The molecule has 2 amide bonds. The highest BCUT2D eigenvalue weighted by atomic mass is 35.5. The third-order valence-electron chi connectivity index (χ3n) is 1.94. The highest BCUT2D eigenvalue weighted by Gasteiger charge is 2.22. The van der Waals surface area contributed by atoms with Gasteiger partial charge in [0, 0.05) is 25.3 Å². The van der Waals surface area contributed by atoms with Crippen molar-refractivity contribution in [3.8, 4) is 0 Å². The molecule has 1 rings (SSSR count). The van der Waals surface area contributed by atoms with Gasteiger partial charge in [-0.05, 0) is 12.8 Å². The molecule has 1 heterocycles. The monoisotopic (exact) mass is 189 g/mol. The number of nitrogens with zero attached hydrogens (tertiary/aromatic N) is 1. The maximum absolute atomic E-state index is 11.3. The zero-order chi connectivity index (χ0) is 8.97. The van der Waals surface area contributed by atoms with E-state index in [0.717, 1.165) is 12.8 Å². The predicted molar refractivity (Wildman–Crippen MR) is 45.9 cm³/mol. The van der Waals surface area contributed by atoms with Gasteiger partial charge >= 0.3 is 0 Å². The molecule has 0 aliphatic carbocycles. The summed E-state index contributed by atoms with van der Waals surface area (Å²) in [7, 11) is 0. The molecule has 0 N–H and O–H groups in total. The van der Waals surface area contributed by atoms with E-state index in [4.69, 9.17) is 11.6 Å². The van der Waals surface area contributed by atoms with Crippen molar-refractivity contribution >= 4 is 23.4 Å². The van der Waals surface area contributed by atoms with E-state index >= 15 is 0 Å². The summed E-state index contributed by atoms with van der Waals surface area (Å²) in [5, 5.41) is 0. The molecule has 1 aliphatic rings. The Bertz CT molecular complexity index is 175. The molecule has 0 bridgehead atoms. The minimum absolute atomic E-state index is 0.0712. The molecule has 1 fully saturated rings. The number of likely N-dealkylation sites (tertiary alicyclic amines) is 1. The normalized spacial score (nSPS) is 19.6. The van der Waals surface area contributed by atoms with Gasteiger partial charge in [0.25, 0.3) is 0 Å². The maximum atomic E-state index is 11.3. The molecule has 4 heteroatoms. The predicted octanol–water partition coefficient (Wildman–Crippen LogP) is 1.15. The first-order chi connectivity index (χ1) is 5.75. The fraction of sp³-hybridized carbons (Fsp3) is 0.750. The second kappa shape index (κ2) is 4.45. The van der Waals surface area contributed by atoms with Crippen LogP contribution in [0.1, 0.15) is 25.7 Å². The van der Waals surface area contributed by atoms with Crippen LogP contribution in [0.5, 0.6) is 0 Å². The molecule has 3 nitrogen and oxygen atoms in total. The summed E-state index contributed by atoms with van der Waals surface area (Å²) in [5.41, 5.74) is 0. The van der Waals surface area contributed by atoms with E-state index in [1.807, 2.05) is 0 Å². The van der Waals surface area contributed by atoms with E-state index < -0.39 is 0 Å². The number of imide groups is 1. The quantitative estimate of drug-likeness (QED) is 0.483. The fourth-order valence-corrected chi connectivity index (χ4v) is 1.46. The maximum Gasteiger partial charge on any atom is 0.229 e. The van der Waals surface area contributed by atoms with Crippen LogP contribution >= 0.6 is 11.6 Å². The summed E-state index contributed by atoms with van der Waals surface area (Å²) in [5.74, 6) is 0.189. The summed E-state index contributed by atoms with van der Waals surface area (Å²) in [6.07, 6.45) is 2.62. The number of alkyl halides is 1. The number of carbonyl (C=O) groups excluding carboxylic acids is 2. The summed E-state index contributed by atoms with van der Waals surface area (Å²) >= 11 is 5.47. The molecular weight excluding hydrogens is 178 g/mol. The Morgan fingerprint density at radius 3 is 2.08 bits per heavy atom. The van der Waals surface area contributed by atoms with Gasteiger partial charge in [-0.1, -0.05) is 0 Å². The van der Waals surface area contributed by atoms with E-state index in [2.05, 4.69) is 0 Å². The molecular formula is C8H12ClNO2. The molecule has 0 radical (unpaired) electrons. The molecule has 12 heavy (non-hydrogen) atoms. The third-order valence-corrected chi connectivity index (χ3v) is 2.11. The van der Waals surface area contributed by atoms with E-state index in [0.29, 0.717) is 25.3 Å². The lowest BCUT2D eigenvalue weighted by molar-refractivity contribution is -0.143. The molecule has 0 saturated carbocycles. The van der Waals surface area contributed by atoms with Crippen LogP contribution in [-0.2, 0) is 9.59 Å². The summed E-state index contributed by atoms with van der Waals surface area (Å²) in [6, 6.07) is 0. The van der Waals surface area contributed by atoms with Crippen molar-refractivity contribution in [2.45, 2.75) is 25.7 Å². The first-order valence-electron chi connectivity index (χ1n) is 4.15. The van der Waals surface area contributed by atoms with Crippen molar-refractivity contribution in [2.24, 2.45) is 0 Å². The van der Waals surface area contributed by atoms with Gasteiger partial charge in [0.2, 0.25) is 11.8 Å². The lowest BCUT2D eigenvalue weighted by atomic mass is 10.2. The lowest BCUT2D eigenvalue weighted by Crippen LogP contribution is -2.36. The number of carbonyl (C=O) groups is 2. The summed E-state index contributed by atoms with van der Waals surface area (Å²) in [4.78, 5) is 23.8. The van der Waals surface area contributed by atoms with Gasteiger partial charge in [0.1, 0.15) is 0 Å². The van der Waals surface area contributed by atoms with Crippen LogP contribution in [0.3, 0.4) is 0 Å². The second-order valence-corrected chi connectivity index (χ2v) is 3.21. The van der Waals surface area contributed by atoms with E-state index in [-0.39, 0.29) is 11.8 Å². The minimum atomic E-state index is -0.0712. The third kappa shape index (κ3) is 2.21. The first kappa shape index (κ1) is 9.52. The average Bonchev–Trinajstić information content (AvgIpc) is 2.19. The topological polar surface area (TPSA) is 37.4 Å². The first-order valence-corrected chi connectivity index (χ1v) is 4.68. The van der Waals surface area contributed by atoms with Crippen LogP contribution in [0.2, 0.25) is 0 Å². The number of rotatable bonds is 2. The van der Waals surface area contributed by atoms with Gasteiger partial charge < -0.3 is 0 Å². The van der Waals surface area contributed by atoms with Crippen molar-refractivity contribution in [3.05, 3.63) is 0 Å². The lowest BCUT2D eigenvalue weighted by Gasteiger charge is -2.16. The molecule has 0 atom stereocenters. The van der Waals surface area contributed by atoms with Gasteiger partial charge in [-0.2, -0.15) is 0 Å². The van der Waals surface area contributed by atoms with Gasteiger partial charge in [0.05, 0.1) is 0 Å². The summed E-state index contributed by atoms with van der Waals surface area (Å²) < 4.78 is 0. The minimum Gasteiger partial charge on any atom is -0.281 e. The molecule has 0 aromatic heterocycles. The zero-order valence-corrected chi connectivity index (χ0v) is 7.64. The van der Waals surface area contributed by atoms with Crippen LogP contribution in [0.15, 0.2) is 0 Å². The highest BCUT2D eigenvalue weighted by molar-refractivity contribution is 6.18. The van der Waals surface area contributed by atoms with Crippen LogP contribution in [0.25, 0.3) is 0 Å². The number of hydrogen-bond donors (Lipinski definition) is 0. The zero-order valence-electron chi connectivity index (χ0n) is 6.88. The number of hydrogen-bond acceptors (Lipinski definition) is 2. The van der Waals surface area contributed by atoms with Gasteiger partial charge in [-0.3, -0.25) is 14.5 Å². The Kier molecular flexibility index (Phi) is 3.53. The molecule has 0 unspecified atom stereocenters. The Hall–Kier alpha value is -0.570. The molecule has 68 valence electrons. The smallest absolute Gasteiger partial charge is 0.229 e. The number of amides is 2. The highest BCUT2D eigenvalue weighted by Crippen LogP contribution is 2.12. The average molecular weight is 190 g/mol. The SMILES string of the molecule is O=C1CCCCC(=O)N1CCCl. The van der Waals surface area contributed by atoms with Crippen molar-refractivity contribution in [1.82, 2.24) is 4.90 Å². The molecule has 1 saturated heterocycles. The van der Waals surface area contributed by atoms with Crippen molar-refractivity contribution < 1.29 is 9.59 Å². The van der Waals surface area contributed by atoms with E-state index in [1.54, 1.807) is 0 Å². The molecule has 0 aromatic carbocycles. The van der Waals surface area contributed by atoms with Gasteiger partial charge in [-0.15, -0.1) is 11.6 Å².